The predicted molar refractivity (Wildman–Crippen MR) is 189 cm³/mol. The molecule has 0 spiro atoms. The van der Waals surface area contributed by atoms with Gasteiger partial charge in [0.2, 0.25) is 0 Å². The highest BCUT2D eigenvalue weighted by atomic mass is 31.2. The second-order valence-electron chi connectivity index (χ2n) is 13.8. The van der Waals surface area contributed by atoms with Gasteiger partial charge in [-0.15, -0.1) is 0 Å². The van der Waals surface area contributed by atoms with Crippen LogP contribution in [0.25, 0.3) is 0 Å². The molecule has 0 radical (unpaired) electrons. The Balaban J connectivity index is 2.48. The third-order valence-electron chi connectivity index (χ3n) is 9.23. The highest BCUT2D eigenvalue weighted by Crippen LogP contribution is 2.47. The number of unbranched alkanes of at least 4 members (excludes halogenated alkanes) is 20. The molecule has 0 heterocycles. The van der Waals surface area contributed by atoms with E-state index in [0.29, 0.717) is 13.0 Å². The van der Waals surface area contributed by atoms with Crippen LogP contribution < -0.4 is 0 Å². The number of phosphoric ester groups is 1. The van der Waals surface area contributed by atoms with Crippen LogP contribution in [0.5, 0.6) is 0 Å². The first-order chi connectivity index (χ1) is 23.5. The Hall–Kier alpha value is -0.660. The van der Waals surface area contributed by atoms with E-state index in [0.717, 1.165) is 38.5 Å². The quantitative estimate of drug-likeness (QED) is 0.0260. The van der Waals surface area contributed by atoms with Gasteiger partial charge in [0.05, 0.1) is 13.2 Å². The lowest BCUT2D eigenvalue weighted by atomic mass is 9.85. The lowest BCUT2D eigenvalue weighted by molar-refractivity contribution is -0.220. The van der Waals surface area contributed by atoms with Crippen LogP contribution in [0.15, 0.2) is 0 Å². The molecule has 1 aliphatic carbocycles. The Kier molecular flexibility index (Phi) is 27.3. The van der Waals surface area contributed by atoms with Gasteiger partial charge < -0.3 is 39.9 Å². The van der Waals surface area contributed by atoms with Crippen molar-refractivity contribution in [1.82, 2.24) is 0 Å². The van der Waals surface area contributed by atoms with Crippen molar-refractivity contribution in [2.45, 2.75) is 204 Å². The molecule has 6 unspecified atom stereocenters. The van der Waals surface area contributed by atoms with Crippen molar-refractivity contribution >= 4 is 13.8 Å². The zero-order valence-corrected chi connectivity index (χ0v) is 31.4. The number of esters is 1. The lowest BCUT2D eigenvalue weighted by Crippen LogP contribution is -2.64. The van der Waals surface area contributed by atoms with Crippen LogP contribution in [-0.2, 0) is 27.9 Å². The second kappa shape index (κ2) is 28.9. The molecule has 292 valence electrons. The smallest absolute Gasteiger partial charge is 0.457 e. The standard InChI is InChI=1S/C36H71O12P/c1-3-5-7-9-11-13-15-17-19-21-23-25-30(37)47-29(27-45-26-24-22-20-18-16-14-12-10-8-6-4-2)28-46-49(43,44)48-36-34(41)32(39)31(38)33(40)35(36)42/h29,31-36,38-42H,3-28H2,1-2H3,(H,43,44). The molecule has 0 amide bonds. The van der Waals surface area contributed by atoms with Gasteiger partial charge in [-0.25, -0.2) is 4.57 Å². The van der Waals surface area contributed by atoms with Crippen molar-refractivity contribution in [3.8, 4) is 0 Å². The molecule has 1 saturated carbocycles. The van der Waals surface area contributed by atoms with Gasteiger partial charge in [-0.05, 0) is 12.8 Å². The first-order valence-electron chi connectivity index (χ1n) is 19.4. The van der Waals surface area contributed by atoms with Crippen molar-refractivity contribution in [3.05, 3.63) is 0 Å². The third kappa shape index (κ3) is 22.1. The van der Waals surface area contributed by atoms with Crippen molar-refractivity contribution < 1.29 is 58.3 Å². The van der Waals surface area contributed by atoms with Gasteiger partial charge in [0.1, 0.15) is 42.7 Å². The number of hydrogen-bond acceptors (Lipinski definition) is 11. The van der Waals surface area contributed by atoms with Gasteiger partial charge in [0.25, 0.3) is 0 Å². The molecule has 1 fully saturated rings. The maximum absolute atomic E-state index is 12.7. The van der Waals surface area contributed by atoms with Crippen LogP contribution >= 0.6 is 7.82 Å². The second-order valence-corrected chi connectivity index (χ2v) is 15.2. The van der Waals surface area contributed by atoms with Gasteiger partial charge in [0, 0.05) is 13.0 Å². The summed E-state index contributed by atoms with van der Waals surface area (Å²) < 4.78 is 33.9. The number of aliphatic hydroxyl groups is 5. The fraction of sp³-hybridized carbons (Fsp3) is 0.972. The summed E-state index contributed by atoms with van der Waals surface area (Å²) in [7, 11) is -5.00. The number of ether oxygens (including phenoxy) is 2. The largest absolute Gasteiger partial charge is 0.472 e. The van der Waals surface area contributed by atoms with E-state index in [1.165, 1.54) is 96.3 Å². The number of hydrogen-bond donors (Lipinski definition) is 6. The van der Waals surface area contributed by atoms with Gasteiger partial charge >= 0.3 is 13.8 Å². The van der Waals surface area contributed by atoms with Gasteiger partial charge in [-0.1, -0.05) is 142 Å². The van der Waals surface area contributed by atoms with Gasteiger partial charge in [-0.2, -0.15) is 0 Å². The Bertz CT molecular complexity index is 833. The summed E-state index contributed by atoms with van der Waals surface area (Å²) in [6.45, 7) is 4.23. The van der Waals surface area contributed by atoms with Gasteiger partial charge in [-0.3, -0.25) is 13.8 Å². The van der Waals surface area contributed by atoms with E-state index in [4.69, 9.17) is 18.5 Å². The number of phosphoric acid groups is 1. The van der Waals surface area contributed by atoms with E-state index in [1.807, 2.05) is 0 Å². The molecule has 0 aromatic heterocycles. The molecular weight excluding hydrogens is 655 g/mol. The Morgan fingerprint density at radius 2 is 0.959 bits per heavy atom. The van der Waals surface area contributed by atoms with Crippen LogP contribution in [0.2, 0.25) is 0 Å². The average Bonchev–Trinajstić information content (AvgIpc) is 3.08. The molecule has 0 aromatic carbocycles. The van der Waals surface area contributed by atoms with E-state index >= 15 is 0 Å². The van der Waals surface area contributed by atoms with Crippen LogP contribution in [0.3, 0.4) is 0 Å². The van der Waals surface area contributed by atoms with E-state index in [-0.39, 0.29) is 13.0 Å². The van der Waals surface area contributed by atoms with Crippen LogP contribution in [0.1, 0.15) is 162 Å². The zero-order valence-electron chi connectivity index (χ0n) is 30.5. The summed E-state index contributed by atoms with van der Waals surface area (Å²) >= 11 is 0. The lowest BCUT2D eigenvalue weighted by Gasteiger charge is -2.41. The molecule has 6 atom stereocenters. The van der Waals surface area contributed by atoms with Crippen LogP contribution in [0, 0.1) is 0 Å². The number of carbonyl (C=O) groups is 1. The highest BCUT2D eigenvalue weighted by Gasteiger charge is 2.51. The molecular formula is C36H71O12P. The molecule has 0 aliphatic heterocycles. The predicted octanol–water partition coefficient (Wildman–Crippen LogP) is 6.25. The topological polar surface area (TPSA) is 192 Å². The number of rotatable bonds is 32. The molecule has 13 heteroatoms. The zero-order chi connectivity index (χ0) is 36.3. The van der Waals surface area contributed by atoms with E-state index in [2.05, 4.69) is 13.8 Å². The van der Waals surface area contributed by atoms with E-state index in [1.54, 1.807) is 0 Å². The molecule has 1 aliphatic rings. The normalized spacial score (nSPS) is 24.5. The average molecular weight is 727 g/mol. The van der Waals surface area contributed by atoms with Crippen molar-refractivity contribution in [2.24, 2.45) is 0 Å². The Morgan fingerprint density at radius 1 is 0.571 bits per heavy atom. The van der Waals surface area contributed by atoms with Gasteiger partial charge in [0.15, 0.2) is 0 Å². The summed E-state index contributed by atoms with van der Waals surface area (Å²) in [6, 6.07) is 0. The van der Waals surface area contributed by atoms with Crippen LogP contribution in [-0.4, -0.2) is 98.9 Å². The molecule has 0 aromatic rings. The minimum Gasteiger partial charge on any atom is -0.457 e. The SMILES string of the molecule is CCCCCCCCCCCCCOCC(COP(=O)(O)OC1C(O)C(O)C(O)C(O)C1O)OC(=O)CCCCCCCCCCCCC. The summed E-state index contributed by atoms with van der Waals surface area (Å²) in [6.07, 6.45) is 13.3. The monoisotopic (exact) mass is 726 g/mol. The van der Waals surface area contributed by atoms with Crippen molar-refractivity contribution in [3.63, 3.8) is 0 Å². The maximum atomic E-state index is 12.7. The van der Waals surface area contributed by atoms with Crippen molar-refractivity contribution in [2.75, 3.05) is 19.8 Å². The van der Waals surface area contributed by atoms with E-state index < -0.39 is 63.1 Å². The highest BCUT2D eigenvalue weighted by molar-refractivity contribution is 7.47. The summed E-state index contributed by atoms with van der Waals surface area (Å²) in [5, 5.41) is 49.9. The Labute approximate surface area is 295 Å². The summed E-state index contributed by atoms with van der Waals surface area (Å²) in [5.74, 6) is -0.477. The maximum Gasteiger partial charge on any atom is 0.472 e. The molecule has 6 N–H and O–H groups in total. The third-order valence-corrected chi connectivity index (χ3v) is 10.2. The molecule has 0 saturated heterocycles. The first kappa shape index (κ1) is 46.4. The number of aliphatic hydroxyl groups excluding tert-OH is 5. The fourth-order valence-corrected chi connectivity index (χ4v) is 7.03. The fourth-order valence-electron chi connectivity index (χ4n) is 6.06. The van der Waals surface area contributed by atoms with Crippen molar-refractivity contribution in [1.29, 1.82) is 0 Å². The molecule has 12 nitrogen and oxygen atoms in total. The number of carbonyl (C=O) groups excluding carboxylic acids is 1. The minimum atomic E-state index is -5.00. The van der Waals surface area contributed by atoms with E-state index in [9.17, 15) is 39.8 Å². The van der Waals surface area contributed by atoms with Crippen LogP contribution in [0.4, 0.5) is 0 Å². The molecule has 0 bridgehead atoms. The summed E-state index contributed by atoms with van der Waals surface area (Å²) in [5.41, 5.74) is 0. The molecule has 1 rings (SSSR count). The minimum absolute atomic E-state index is 0.0694. The molecule has 49 heavy (non-hydrogen) atoms. The first-order valence-corrected chi connectivity index (χ1v) is 20.9. The Morgan fingerprint density at radius 3 is 1.41 bits per heavy atom. The summed E-state index contributed by atoms with van der Waals surface area (Å²) in [4.78, 5) is 22.9.